The lowest BCUT2D eigenvalue weighted by atomic mass is 10.0. The summed E-state index contributed by atoms with van der Waals surface area (Å²) in [6, 6.07) is 19.0. The van der Waals surface area contributed by atoms with Crippen molar-refractivity contribution in [2.45, 2.75) is 13.0 Å². The van der Waals surface area contributed by atoms with Gasteiger partial charge >= 0.3 is 0 Å². The highest BCUT2D eigenvalue weighted by Gasteiger charge is 1.97. The van der Waals surface area contributed by atoms with E-state index in [9.17, 15) is 0 Å². The lowest BCUT2D eigenvalue weighted by Gasteiger charge is -2.06. The van der Waals surface area contributed by atoms with Crippen LogP contribution in [0.5, 0.6) is 0 Å². The van der Waals surface area contributed by atoms with Crippen molar-refractivity contribution in [2.24, 2.45) is 0 Å². The van der Waals surface area contributed by atoms with E-state index < -0.39 is 0 Å². The summed E-state index contributed by atoms with van der Waals surface area (Å²) in [5.74, 6) is 0. The third-order valence-corrected chi connectivity index (χ3v) is 2.90. The van der Waals surface area contributed by atoms with Crippen LogP contribution in [0.25, 0.3) is 11.1 Å². The fraction of sp³-hybridized carbons (Fsp3) is 0.250. The zero-order chi connectivity index (χ0) is 12.6. The van der Waals surface area contributed by atoms with Crippen LogP contribution >= 0.6 is 0 Å². The van der Waals surface area contributed by atoms with Crippen molar-refractivity contribution in [3.05, 3.63) is 60.2 Å². The number of hydrogen-bond donors (Lipinski definition) is 2. The highest BCUT2D eigenvalue weighted by molar-refractivity contribution is 5.63. The number of rotatable bonds is 6. The molecule has 0 atom stereocenters. The first-order chi connectivity index (χ1) is 8.90. The highest BCUT2D eigenvalue weighted by Crippen LogP contribution is 2.19. The van der Waals surface area contributed by atoms with Gasteiger partial charge < -0.3 is 10.4 Å². The molecule has 0 unspecified atom stereocenters. The van der Waals surface area contributed by atoms with Crippen LogP contribution in [-0.2, 0) is 6.54 Å². The van der Waals surface area contributed by atoms with Crippen LogP contribution in [0.15, 0.2) is 54.6 Å². The number of aliphatic hydroxyl groups excluding tert-OH is 1. The molecule has 2 rings (SSSR count). The summed E-state index contributed by atoms with van der Waals surface area (Å²) in [6.45, 7) is 1.96. The van der Waals surface area contributed by atoms with Crippen molar-refractivity contribution >= 4 is 0 Å². The molecule has 0 aliphatic carbocycles. The van der Waals surface area contributed by atoms with E-state index in [4.69, 9.17) is 5.11 Å². The van der Waals surface area contributed by atoms with Gasteiger partial charge in [-0.25, -0.2) is 0 Å². The van der Waals surface area contributed by atoms with Crippen molar-refractivity contribution in [3.63, 3.8) is 0 Å². The third-order valence-electron chi connectivity index (χ3n) is 2.90. The zero-order valence-electron chi connectivity index (χ0n) is 10.5. The molecule has 0 aromatic heterocycles. The molecule has 0 radical (unpaired) electrons. The molecular formula is C16H19NO. The van der Waals surface area contributed by atoms with Crippen LogP contribution in [-0.4, -0.2) is 18.3 Å². The molecule has 0 saturated carbocycles. The van der Waals surface area contributed by atoms with Gasteiger partial charge in [-0.1, -0.05) is 54.6 Å². The van der Waals surface area contributed by atoms with E-state index in [2.05, 4.69) is 53.8 Å². The van der Waals surface area contributed by atoms with Gasteiger partial charge in [0.25, 0.3) is 0 Å². The second-order valence-corrected chi connectivity index (χ2v) is 4.32. The second-order valence-electron chi connectivity index (χ2n) is 4.32. The molecule has 0 amide bonds. The molecule has 94 valence electrons. The van der Waals surface area contributed by atoms with E-state index in [-0.39, 0.29) is 6.61 Å². The first-order valence-electron chi connectivity index (χ1n) is 6.36. The van der Waals surface area contributed by atoms with Crippen molar-refractivity contribution in [2.75, 3.05) is 13.2 Å². The minimum absolute atomic E-state index is 0.250. The summed E-state index contributed by atoms with van der Waals surface area (Å²) in [6.07, 6.45) is 0.808. The topological polar surface area (TPSA) is 32.3 Å². The average molecular weight is 241 g/mol. The first-order valence-corrected chi connectivity index (χ1v) is 6.36. The Balaban J connectivity index is 1.94. The maximum atomic E-state index is 8.69. The molecular weight excluding hydrogens is 222 g/mol. The van der Waals surface area contributed by atoms with Gasteiger partial charge in [0.2, 0.25) is 0 Å². The Kier molecular flexibility index (Phi) is 4.94. The molecule has 2 aromatic carbocycles. The summed E-state index contributed by atoms with van der Waals surface area (Å²) in [7, 11) is 0. The molecule has 2 N–H and O–H groups in total. The van der Waals surface area contributed by atoms with E-state index in [1.807, 2.05) is 6.07 Å². The molecule has 0 spiro atoms. The maximum absolute atomic E-state index is 8.69. The number of nitrogens with one attached hydrogen (secondary N) is 1. The Bertz CT molecular complexity index is 450. The van der Waals surface area contributed by atoms with E-state index in [1.165, 1.54) is 16.7 Å². The molecule has 2 aromatic rings. The van der Waals surface area contributed by atoms with E-state index in [0.717, 1.165) is 19.5 Å². The summed E-state index contributed by atoms with van der Waals surface area (Å²) in [5, 5.41) is 12.0. The van der Waals surface area contributed by atoms with Gasteiger partial charge in [0.15, 0.2) is 0 Å². The van der Waals surface area contributed by atoms with Gasteiger partial charge in [-0.3, -0.25) is 0 Å². The van der Waals surface area contributed by atoms with Gasteiger partial charge in [-0.2, -0.15) is 0 Å². The summed E-state index contributed by atoms with van der Waals surface area (Å²) >= 11 is 0. The Labute approximate surface area is 108 Å². The lowest BCUT2D eigenvalue weighted by molar-refractivity contribution is 0.286. The summed E-state index contributed by atoms with van der Waals surface area (Å²) in [5.41, 5.74) is 3.76. The standard InChI is InChI=1S/C16H19NO/c18-12-4-11-17-13-14-7-9-16(10-8-14)15-5-2-1-3-6-15/h1-3,5-10,17-18H,4,11-13H2. The maximum Gasteiger partial charge on any atom is 0.0443 e. The molecule has 0 aliphatic heterocycles. The Morgan fingerprint density at radius 1 is 0.833 bits per heavy atom. The van der Waals surface area contributed by atoms with Crippen LogP contribution in [0.2, 0.25) is 0 Å². The molecule has 18 heavy (non-hydrogen) atoms. The van der Waals surface area contributed by atoms with Gasteiger partial charge in [0, 0.05) is 13.2 Å². The SMILES string of the molecule is OCCCNCc1ccc(-c2ccccc2)cc1. The van der Waals surface area contributed by atoms with Crippen LogP contribution in [0.1, 0.15) is 12.0 Å². The van der Waals surface area contributed by atoms with Crippen molar-refractivity contribution < 1.29 is 5.11 Å². The molecule has 0 saturated heterocycles. The quantitative estimate of drug-likeness (QED) is 0.762. The fourth-order valence-electron chi connectivity index (χ4n) is 1.88. The van der Waals surface area contributed by atoms with Gasteiger partial charge in [0.1, 0.15) is 0 Å². The third kappa shape index (κ3) is 3.69. The molecule has 0 fully saturated rings. The van der Waals surface area contributed by atoms with Crippen molar-refractivity contribution in [1.82, 2.24) is 5.32 Å². The van der Waals surface area contributed by atoms with Gasteiger partial charge in [0.05, 0.1) is 0 Å². The molecule has 0 aliphatic rings. The van der Waals surface area contributed by atoms with Crippen molar-refractivity contribution in [3.8, 4) is 11.1 Å². The smallest absolute Gasteiger partial charge is 0.0443 e. The molecule has 2 nitrogen and oxygen atoms in total. The number of hydrogen-bond acceptors (Lipinski definition) is 2. The van der Waals surface area contributed by atoms with E-state index >= 15 is 0 Å². The van der Waals surface area contributed by atoms with Crippen LogP contribution < -0.4 is 5.32 Å². The predicted molar refractivity (Wildman–Crippen MR) is 75.3 cm³/mol. The second kappa shape index (κ2) is 6.94. The van der Waals surface area contributed by atoms with Gasteiger partial charge in [-0.15, -0.1) is 0 Å². The highest BCUT2D eigenvalue weighted by atomic mass is 16.3. The zero-order valence-corrected chi connectivity index (χ0v) is 10.5. The number of aliphatic hydroxyl groups is 1. The van der Waals surface area contributed by atoms with Crippen molar-refractivity contribution in [1.29, 1.82) is 0 Å². The minimum atomic E-state index is 0.250. The number of benzene rings is 2. The fourth-order valence-corrected chi connectivity index (χ4v) is 1.88. The summed E-state index contributed by atoms with van der Waals surface area (Å²) < 4.78 is 0. The first kappa shape index (κ1) is 12.8. The van der Waals surface area contributed by atoms with E-state index in [0.29, 0.717) is 0 Å². The van der Waals surface area contributed by atoms with Gasteiger partial charge in [-0.05, 0) is 29.7 Å². The average Bonchev–Trinajstić information content (AvgIpc) is 2.45. The van der Waals surface area contributed by atoms with E-state index in [1.54, 1.807) is 0 Å². The Morgan fingerprint density at radius 2 is 1.50 bits per heavy atom. The Hall–Kier alpha value is -1.64. The molecule has 0 heterocycles. The normalized spacial score (nSPS) is 10.5. The molecule has 0 bridgehead atoms. The molecule has 2 heteroatoms. The summed E-state index contributed by atoms with van der Waals surface area (Å²) in [4.78, 5) is 0. The predicted octanol–water partition coefficient (Wildman–Crippen LogP) is 2.83. The van der Waals surface area contributed by atoms with Crippen LogP contribution in [0.4, 0.5) is 0 Å². The minimum Gasteiger partial charge on any atom is -0.396 e. The largest absolute Gasteiger partial charge is 0.396 e. The van der Waals surface area contributed by atoms with Crippen LogP contribution in [0.3, 0.4) is 0 Å². The lowest BCUT2D eigenvalue weighted by Crippen LogP contribution is -2.15. The van der Waals surface area contributed by atoms with Crippen LogP contribution in [0, 0.1) is 0 Å². The Morgan fingerprint density at radius 3 is 2.17 bits per heavy atom. The monoisotopic (exact) mass is 241 g/mol.